The van der Waals surface area contributed by atoms with E-state index in [9.17, 15) is 4.79 Å². The molecule has 1 aromatic carbocycles. The molecule has 26 heavy (non-hydrogen) atoms. The van der Waals surface area contributed by atoms with Gasteiger partial charge in [0, 0.05) is 17.8 Å². The molecule has 0 fully saturated rings. The summed E-state index contributed by atoms with van der Waals surface area (Å²) in [5.74, 6) is -0.0929. The molecule has 0 radical (unpaired) electrons. The fraction of sp³-hybridized carbons (Fsp3) is 0.150. The smallest absolute Gasteiger partial charge is 0.255 e. The standard InChI is InChI=1S/C20H16N4O2/c25-20(16-12-21-24-9-2-1-3-19(16)24)22-18-7-5-13-11-14(4-6-15(13)18)17-8-10-26-23-17/h1-4,6,8-12,18H,5,7H2,(H,22,25)/t18-/m1/s1. The van der Waals surface area contributed by atoms with Gasteiger partial charge >= 0.3 is 0 Å². The lowest BCUT2D eigenvalue weighted by atomic mass is 10.0. The van der Waals surface area contributed by atoms with Crippen LogP contribution < -0.4 is 5.32 Å². The molecule has 5 rings (SSSR count). The first-order chi connectivity index (χ1) is 12.8. The van der Waals surface area contributed by atoms with Crippen LogP contribution in [0.5, 0.6) is 0 Å². The molecule has 0 saturated carbocycles. The van der Waals surface area contributed by atoms with Crippen molar-refractivity contribution in [3.05, 3.63) is 77.8 Å². The molecule has 1 aliphatic rings. The van der Waals surface area contributed by atoms with Crippen molar-refractivity contribution in [2.75, 3.05) is 0 Å². The van der Waals surface area contributed by atoms with E-state index in [-0.39, 0.29) is 11.9 Å². The number of nitrogens with one attached hydrogen (secondary N) is 1. The minimum Gasteiger partial charge on any atom is -0.364 e. The van der Waals surface area contributed by atoms with Gasteiger partial charge in [-0.3, -0.25) is 4.79 Å². The molecule has 4 aromatic rings. The Bertz CT molecular complexity index is 1100. The van der Waals surface area contributed by atoms with Crippen LogP contribution in [-0.2, 0) is 6.42 Å². The molecule has 6 heteroatoms. The first-order valence-electron chi connectivity index (χ1n) is 8.56. The number of hydrogen-bond donors (Lipinski definition) is 1. The van der Waals surface area contributed by atoms with Crippen LogP contribution in [0.2, 0.25) is 0 Å². The Morgan fingerprint density at radius 3 is 3.08 bits per heavy atom. The molecule has 6 nitrogen and oxygen atoms in total. The van der Waals surface area contributed by atoms with Gasteiger partial charge in [-0.25, -0.2) is 4.52 Å². The monoisotopic (exact) mass is 344 g/mol. The van der Waals surface area contributed by atoms with Crippen molar-refractivity contribution in [2.24, 2.45) is 0 Å². The van der Waals surface area contributed by atoms with Gasteiger partial charge in [-0.2, -0.15) is 5.10 Å². The van der Waals surface area contributed by atoms with E-state index in [2.05, 4.69) is 27.7 Å². The van der Waals surface area contributed by atoms with Crippen molar-refractivity contribution in [3.8, 4) is 11.3 Å². The van der Waals surface area contributed by atoms with E-state index in [0.29, 0.717) is 5.56 Å². The number of carbonyl (C=O) groups is 1. The average Bonchev–Trinajstić information content (AvgIpc) is 3.41. The number of aryl methyl sites for hydroxylation is 1. The zero-order chi connectivity index (χ0) is 17.5. The molecule has 1 aliphatic carbocycles. The summed E-state index contributed by atoms with van der Waals surface area (Å²) in [5, 5.41) is 11.4. The molecule has 128 valence electrons. The van der Waals surface area contributed by atoms with Crippen molar-refractivity contribution in [2.45, 2.75) is 18.9 Å². The second-order valence-electron chi connectivity index (χ2n) is 6.45. The molecular weight excluding hydrogens is 328 g/mol. The number of amides is 1. The summed E-state index contributed by atoms with van der Waals surface area (Å²) in [6.45, 7) is 0. The Kier molecular flexibility index (Phi) is 3.35. The van der Waals surface area contributed by atoms with Crippen LogP contribution in [0.3, 0.4) is 0 Å². The van der Waals surface area contributed by atoms with Crippen LogP contribution >= 0.6 is 0 Å². The molecule has 0 spiro atoms. The summed E-state index contributed by atoms with van der Waals surface area (Å²) >= 11 is 0. The highest BCUT2D eigenvalue weighted by molar-refractivity contribution is 6.00. The Balaban J connectivity index is 1.41. The molecule has 0 unspecified atom stereocenters. The summed E-state index contributed by atoms with van der Waals surface area (Å²) in [7, 11) is 0. The highest BCUT2D eigenvalue weighted by Gasteiger charge is 2.25. The minimum atomic E-state index is -0.0929. The molecule has 0 saturated heterocycles. The quantitative estimate of drug-likeness (QED) is 0.618. The fourth-order valence-electron chi connectivity index (χ4n) is 3.63. The summed E-state index contributed by atoms with van der Waals surface area (Å²) in [6.07, 6.45) is 6.85. The third kappa shape index (κ3) is 2.38. The molecule has 1 atom stereocenters. The van der Waals surface area contributed by atoms with E-state index in [4.69, 9.17) is 4.52 Å². The van der Waals surface area contributed by atoms with Gasteiger partial charge in [-0.1, -0.05) is 23.4 Å². The molecule has 1 N–H and O–H groups in total. The largest absolute Gasteiger partial charge is 0.364 e. The van der Waals surface area contributed by atoms with Gasteiger partial charge < -0.3 is 9.84 Å². The molecule has 0 bridgehead atoms. The van der Waals surface area contributed by atoms with Gasteiger partial charge in [-0.15, -0.1) is 0 Å². The SMILES string of the molecule is O=C(N[C@@H]1CCc2cc(-c3ccon3)ccc21)c1cnn2ccccc12. The van der Waals surface area contributed by atoms with Gasteiger partial charge in [0.1, 0.15) is 12.0 Å². The Labute approximate surface area is 149 Å². The lowest BCUT2D eigenvalue weighted by Gasteiger charge is -2.14. The first-order valence-corrected chi connectivity index (χ1v) is 8.56. The average molecular weight is 344 g/mol. The third-order valence-corrected chi connectivity index (χ3v) is 4.93. The summed E-state index contributed by atoms with van der Waals surface area (Å²) < 4.78 is 6.63. The Morgan fingerprint density at radius 2 is 2.19 bits per heavy atom. The fourth-order valence-corrected chi connectivity index (χ4v) is 3.63. The van der Waals surface area contributed by atoms with Crippen LogP contribution in [0, 0.1) is 0 Å². The highest BCUT2D eigenvalue weighted by Crippen LogP contribution is 2.34. The van der Waals surface area contributed by atoms with Crippen LogP contribution in [0.1, 0.15) is 33.9 Å². The lowest BCUT2D eigenvalue weighted by Crippen LogP contribution is -2.27. The highest BCUT2D eigenvalue weighted by atomic mass is 16.5. The topological polar surface area (TPSA) is 72.4 Å². The molecule has 3 heterocycles. The maximum atomic E-state index is 12.8. The summed E-state index contributed by atoms with van der Waals surface area (Å²) in [6, 6.07) is 13.8. The Hall–Kier alpha value is -3.41. The summed E-state index contributed by atoms with van der Waals surface area (Å²) in [4.78, 5) is 12.8. The lowest BCUT2D eigenvalue weighted by molar-refractivity contribution is 0.0938. The zero-order valence-electron chi connectivity index (χ0n) is 13.9. The van der Waals surface area contributed by atoms with Crippen LogP contribution in [0.15, 0.2) is 65.6 Å². The molecule has 3 aromatic heterocycles. The van der Waals surface area contributed by atoms with E-state index in [1.807, 2.05) is 36.5 Å². The van der Waals surface area contributed by atoms with E-state index < -0.39 is 0 Å². The van der Waals surface area contributed by atoms with Crippen LogP contribution in [-0.4, -0.2) is 20.7 Å². The van der Waals surface area contributed by atoms with Gasteiger partial charge in [0.2, 0.25) is 0 Å². The number of benzene rings is 1. The third-order valence-electron chi connectivity index (χ3n) is 4.93. The Morgan fingerprint density at radius 1 is 1.23 bits per heavy atom. The number of aromatic nitrogens is 3. The molecule has 1 amide bonds. The van der Waals surface area contributed by atoms with E-state index in [1.165, 1.54) is 11.1 Å². The van der Waals surface area contributed by atoms with Crippen molar-refractivity contribution < 1.29 is 9.32 Å². The van der Waals surface area contributed by atoms with Crippen LogP contribution in [0.4, 0.5) is 0 Å². The minimum absolute atomic E-state index is 0.0162. The van der Waals surface area contributed by atoms with E-state index in [0.717, 1.165) is 29.6 Å². The number of fused-ring (bicyclic) bond motifs is 2. The number of carbonyl (C=O) groups excluding carboxylic acids is 1. The molecular formula is C20H16N4O2. The maximum absolute atomic E-state index is 12.8. The number of pyridine rings is 1. The van der Waals surface area contributed by atoms with Gasteiger partial charge in [0.25, 0.3) is 5.91 Å². The second-order valence-corrected chi connectivity index (χ2v) is 6.45. The second kappa shape index (κ2) is 5.84. The van der Waals surface area contributed by atoms with Crippen molar-refractivity contribution in [1.82, 2.24) is 20.1 Å². The van der Waals surface area contributed by atoms with Crippen molar-refractivity contribution in [3.63, 3.8) is 0 Å². The maximum Gasteiger partial charge on any atom is 0.255 e. The van der Waals surface area contributed by atoms with E-state index >= 15 is 0 Å². The predicted molar refractivity (Wildman–Crippen MR) is 95.7 cm³/mol. The van der Waals surface area contributed by atoms with E-state index in [1.54, 1.807) is 17.0 Å². The van der Waals surface area contributed by atoms with Crippen molar-refractivity contribution >= 4 is 11.4 Å². The molecule has 0 aliphatic heterocycles. The van der Waals surface area contributed by atoms with Crippen molar-refractivity contribution in [1.29, 1.82) is 0 Å². The van der Waals surface area contributed by atoms with Gasteiger partial charge in [0.15, 0.2) is 0 Å². The summed E-state index contributed by atoms with van der Waals surface area (Å²) in [5.41, 5.74) is 5.68. The van der Waals surface area contributed by atoms with Crippen LogP contribution in [0.25, 0.3) is 16.8 Å². The van der Waals surface area contributed by atoms with Gasteiger partial charge in [0.05, 0.1) is 23.3 Å². The zero-order valence-corrected chi connectivity index (χ0v) is 13.9. The number of hydrogen-bond acceptors (Lipinski definition) is 4. The number of nitrogens with zero attached hydrogens (tertiary/aromatic N) is 3. The number of rotatable bonds is 3. The predicted octanol–water partition coefficient (Wildman–Crippen LogP) is 3.41. The normalized spacial score (nSPS) is 15.9. The first kappa shape index (κ1) is 14.9. The van der Waals surface area contributed by atoms with Gasteiger partial charge in [-0.05, 0) is 42.2 Å².